The van der Waals surface area contributed by atoms with Crippen molar-refractivity contribution in [1.82, 2.24) is 0 Å². The molecule has 2 aromatic rings. The van der Waals surface area contributed by atoms with E-state index >= 15 is 0 Å². The van der Waals surface area contributed by atoms with Crippen LogP contribution in [0.1, 0.15) is 11.1 Å². The summed E-state index contributed by atoms with van der Waals surface area (Å²) in [4.78, 5) is 0. The molecule has 0 aliphatic carbocycles. The summed E-state index contributed by atoms with van der Waals surface area (Å²) < 4.78 is 35.0. The molecule has 4 nitrogen and oxygen atoms in total. The average molecular weight is 309 g/mol. The number of rotatable bonds is 5. The number of hydrogen-bond acceptors (Lipinski definition) is 5. The fraction of sp³-hybridized carbons (Fsp3) is 0.143. The van der Waals surface area contributed by atoms with Gasteiger partial charge in [0.1, 0.15) is 0 Å². The van der Waals surface area contributed by atoms with E-state index in [-0.39, 0.29) is 0 Å². The van der Waals surface area contributed by atoms with E-state index in [1.807, 2.05) is 55.5 Å². The second kappa shape index (κ2) is 6.41. The van der Waals surface area contributed by atoms with Gasteiger partial charge in [0.2, 0.25) is 10.4 Å². The molecule has 0 spiro atoms. The maximum atomic E-state index is 10.3. The summed E-state index contributed by atoms with van der Waals surface area (Å²) in [6.45, 7) is 2.04. The predicted octanol–water partition coefficient (Wildman–Crippen LogP) is 3.29. The summed E-state index contributed by atoms with van der Waals surface area (Å²) in [5.41, 5.74) is 4.29. The van der Waals surface area contributed by atoms with Gasteiger partial charge in [-0.1, -0.05) is 54.1 Å². The molecule has 0 radical (unpaired) electrons. The third-order valence-electron chi connectivity index (χ3n) is 2.70. The Morgan fingerprint density at radius 3 is 2.00 bits per heavy atom. The average Bonchev–Trinajstić information content (AvgIpc) is 2.39. The third-order valence-corrected chi connectivity index (χ3v) is 4.20. The fourth-order valence-electron chi connectivity index (χ4n) is 1.69. The maximum absolute atomic E-state index is 10.3. The van der Waals surface area contributed by atoms with Gasteiger partial charge in [-0.15, -0.1) is 0 Å². The van der Waals surface area contributed by atoms with Crippen LogP contribution in [0.4, 0.5) is 0 Å². The van der Waals surface area contributed by atoms with Crippen molar-refractivity contribution in [2.45, 2.75) is 12.7 Å². The van der Waals surface area contributed by atoms with Gasteiger partial charge < -0.3 is 4.55 Å². The molecule has 106 valence electrons. The molecule has 6 heteroatoms. The van der Waals surface area contributed by atoms with Crippen molar-refractivity contribution in [2.75, 3.05) is 0 Å². The summed E-state index contributed by atoms with van der Waals surface area (Å²) in [6, 6.07) is 15.8. The Kier molecular flexibility index (Phi) is 4.82. The number of benzene rings is 2. The predicted molar refractivity (Wildman–Crippen MR) is 78.7 cm³/mol. The first-order valence-corrected chi connectivity index (χ1v) is 8.11. The molecule has 0 aromatic heterocycles. The zero-order valence-electron chi connectivity index (χ0n) is 10.8. The fourth-order valence-corrected chi connectivity index (χ4v) is 2.68. The lowest BCUT2D eigenvalue weighted by molar-refractivity contribution is 0.391. The van der Waals surface area contributed by atoms with Gasteiger partial charge in [0, 0.05) is 17.8 Å². The van der Waals surface area contributed by atoms with Crippen molar-refractivity contribution < 1.29 is 16.6 Å². The standard InChI is InChI=1S/C14H14O4S2/c1-11-2-6-13(7-3-11)14-8-4-12(5-9-14)10-19-18-20(15,16)17/h2-9H,10H2,1H3,(H,15,16,17)/p-1. The molecule has 0 N–H and O–H groups in total. The van der Waals surface area contributed by atoms with E-state index in [4.69, 9.17) is 0 Å². The smallest absolute Gasteiger partial charge is 0.228 e. The van der Waals surface area contributed by atoms with Crippen LogP contribution in [0.5, 0.6) is 0 Å². The molecule has 0 saturated carbocycles. The first kappa shape index (κ1) is 15.1. The molecular formula is C14H13O4S2-. The van der Waals surface area contributed by atoms with Crippen molar-refractivity contribution in [2.24, 2.45) is 0 Å². The van der Waals surface area contributed by atoms with Gasteiger partial charge in [-0.2, -0.15) is 0 Å². The van der Waals surface area contributed by atoms with Gasteiger partial charge in [0.05, 0.1) is 0 Å². The topological polar surface area (TPSA) is 66.4 Å². The Morgan fingerprint density at radius 2 is 1.50 bits per heavy atom. The Bertz CT molecular complexity index is 661. The first-order valence-electron chi connectivity index (χ1n) is 5.87. The van der Waals surface area contributed by atoms with Crippen molar-refractivity contribution in [3.63, 3.8) is 0 Å². The van der Waals surface area contributed by atoms with E-state index in [1.165, 1.54) is 5.56 Å². The second-order valence-corrected chi connectivity index (χ2v) is 6.19. The van der Waals surface area contributed by atoms with Crippen LogP contribution in [0.15, 0.2) is 48.5 Å². The number of aryl methyl sites for hydroxylation is 1. The minimum Gasteiger partial charge on any atom is -0.725 e. The molecule has 0 aliphatic rings. The van der Waals surface area contributed by atoms with Crippen molar-refractivity contribution in [3.05, 3.63) is 59.7 Å². The molecule has 0 fully saturated rings. The summed E-state index contributed by atoms with van der Waals surface area (Å²) >= 11 is 0.616. The minimum absolute atomic E-state index is 0.301. The highest BCUT2D eigenvalue weighted by Crippen LogP contribution is 2.22. The lowest BCUT2D eigenvalue weighted by Crippen LogP contribution is -1.97. The summed E-state index contributed by atoms with van der Waals surface area (Å²) in [7, 11) is -4.64. The highest BCUT2D eigenvalue weighted by atomic mass is 32.3. The molecule has 0 saturated heterocycles. The summed E-state index contributed by atoms with van der Waals surface area (Å²) in [5.74, 6) is 0.301. The molecule has 2 rings (SSSR count). The van der Waals surface area contributed by atoms with E-state index in [0.29, 0.717) is 17.8 Å². The van der Waals surface area contributed by atoms with Crippen LogP contribution < -0.4 is 0 Å². The molecular weight excluding hydrogens is 296 g/mol. The summed E-state index contributed by atoms with van der Waals surface area (Å²) in [5, 5.41) is 0. The van der Waals surface area contributed by atoms with E-state index < -0.39 is 10.4 Å². The van der Waals surface area contributed by atoms with Crippen LogP contribution in [0, 0.1) is 6.92 Å². The quantitative estimate of drug-likeness (QED) is 0.482. The first-order chi connectivity index (χ1) is 9.44. The third kappa shape index (κ3) is 4.64. The Morgan fingerprint density at radius 1 is 1.00 bits per heavy atom. The Balaban J connectivity index is 2.01. The van der Waals surface area contributed by atoms with Crippen molar-refractivity contribution in [3.8, 4) is 11.1 Å². The molecule has 0 atom stereocenters. The lowest BCUT2D eigenvalue weighted by atomic mass is 10.0. The molecule has 0 amide bonds. The van der Waals surface area contributed by atoms with Crippen LogP contribution in [0.2, 0.25) is 0 Å². The highest BCUT2D eigenvalue weighted by molar-refractivity contribution is 8.02. The van der Waals surface area contributed by atoms with Crippen LogP contribution in [0.25, 0.3) is 11.1 Å². The van der Waals surface area contributed by atoms with Gasteiger partial charge in [0.15, 0.2) is 0 Å². The lowest BCUT2D eigenvalue weighted by Gasteiger charge is -2.07. The van der Waals surface area contributed by atoms with Crippen LogP contribution >= 0.6 is 12.0 Å². The minimum atomic E-state index is -4.64. The molecule has 0 heterocycles. The molecule has 0 aliphatic heterocycles. The van der Waals surface area contributed by atoms with E-state index in [2.05, 4.69) is 3.63 Å². The van der Waals surface area contributed by atoms with Crippen LogP contribution in [0.3, 0.4) is 0 Å². The van der Waals surface area contributed by atoms with E-state index in [9.17, 15) is 13.0 Å². The molecule has 0 bridgehead atoms. The normalized spacial score (nSPS) is 11.5. The van der Waals surface area contributed by atoms with Gasteiger partial charge in [0.25, 0.3) is 0 Å². The molecule has 20 heavy (non-hydrogen) atoms. The zero-order chi connectivity index (χ0) is 14.6. The zero-order valence-corrected chi connectivity index (χ0v) is 12.4. The van der Waals surface area contributed by atoms with Crippen LogP contribution in [-0.2, 0) is 19.8 Å². The van der Waals surface area contributed by atoms with Crippen molar-refractivity contribution in [1.29, 1.82) is 0 Å². The molecule has 2 aromatic carbocycles. The van der Waals surface area contributed by atoms with Crippen LogP contribution in [-0.4, -0.2) is 13.0 Å². The van der Waals surface area contributed by atoms with E-state index in [1.54, 1.807) is 0 Å². The SMILES string of the molecule is Cc1ccc(-c2ccc(CSOS(=O)(=O)[O-])cc2)cc1. The number of hydrogen-bond donors (Lipinski definition) is 0. The Labute approximate surface area is 123 Å². The largest absolute Gasteiger partial charge is 0.725 e. The molecule has 0 unspecified atom stereocenters. The second-order valence-electron chi connectivity index (χ2n) is 4.30. The van der Waals surface area contributed by atoms with Gasteiger partial charge in [-0.25, -0.2) is 12.0 Å². The van der Waals surface area contributed by atoms with E-state index in [0.717, 1.165) is 16.7 Å². The Hall–Kier alpha value is -1.34. The van der Waals surface area contributed by atoms with Gasteiger partial charge in [-0.3, -0.25) is 0 Å². The summed E-state index contributed by atoms with van der Waals surface area (Å²) in [6.07, 6.45) is 0. The monoisotopic (exact) mass is 309 g/mol. The maximum Gasteiger partial charge on any atom is 0.228 e. The highest BCUT2D eigenvalue weighted by Gasteiger charge is 2.00. The van der Waals surface area contributed by atoms with Gasteiger partial charge >= 0.3 is 0 Å². The van der Waals surface area contributed by atoms with Gasteiger partial charge in [-0.05, 0) is 23.6 Å². The van der Waals surface area contributed by atoms with Crippen molar-refractivity contribution >= 4 is 22.4 Å².